The highest BCUT2D eigenvalue weighted by molar-refractivity contribution is 6.03. The van der Waals surface area contributed by atoms with Crippen LogP contribution in [0.1, 0.15) is 36.9 Å². The first-order valence-corrected chi connectivity index (χ1v) is 13.0. The average molecular weight is 489 g/mol. The number of ether oxygens (including phenoxy) is 2. The molecule has 2 aromatic rings. The minimum Gasteiger partial charge on any atom is -0.486 e. The lowest BCUT2D eigenvalue weighted by atomic mass is 10.0. The molecule has 3 aliphatic heterocycles. The van der Waals surface area contributed by atoms with Crippen molar-refractivity contribution in [3.8, 4) is 17.6 Å². The minimum absolute atomic E-state index is 0.132. The highest BCUT2D eigenvalue weighted by Gasteiger charge is 2.37. The Morgan fingerprint density at radius 2 is 1.83 bits per heavy atom. The van der Waals surface area contributed by atoms with Gasteiger partial charge in [-0.1, -0.05) is 0 Å². The van der Waals surface area contributed by atoms with Crippen molar-refractivity contribution >= 4 is 17.3 Å². The summed E-state index contributed by atoms with van der Waals surface area (Å²) in [5.74, 6) is 1.63. The summed E-state index contributed by atoms with van der Waals surface area (Å²) in [6.45, 7) is 5.77. The number of hydrogen-bond donors (Lipinski definition) is 1. The van der Waals surface area contributed by atoms with E-state index in [1.54, 1.807) is 6.20 Å². The molecule has 1 saturated carbocycles. The van der Waals surface area contributed by atoms with Crippen molar-refractivity contribution in [2.24, 2.45) is 0 Å². The molecule has 36 heavy (non-hydrogen) atoms. The van der Waals surface area contributed by atoms with E-state index in [1.165, 1.54) is 0 Å². The van der Waals surface area contributed by atoms with Gasteiger partial charge in [-0.25, -0.2) is 0 Å². The van der Waals surface area contributed by atoms with Gasteiger partial charge in [-0.3, -0.25) is 9.78 Å². The largest absolute Gasteiger partial charge is 0.486 e. The number of nitrogens with zero attached hydrogens (tertiary/aromatic N) is 5. The molecular weight excluding hydrogens is 456 g/mol. The number of nitrogens with one attached hydrogen (secondary N) is 1. The predicted molar refractivity (Wildman–Crippen MR) is 135 cm³/mol. The van der Waals surface area contributed by atoms with Crippen LogP contribution in [0.25, 0.3) is 0 Å². The van der Waals surface area contributed by atoms with Gasteiger partial charge >= 0.3 is 0 Å². The van der Waals surface area contributed by atoms with Crippen LogP contribution in [0, 0.1) is 11.3 Å². The molecule has 1 amide bonds. The maximum Gasteiger partial charge on any atom is 0.246 e. The van der Waals surface area contributed by atoms with Crippen molar-refractivity contribution in [2.75, 3.05) is 55.7 Å². The SMILES string of the molecule is N#Cc1ccc2c(c1)N(CCN1CCC(NCc3cc4c(cn3)OCCO4)CC1)C(=O)CN2C1CC1. The minimum atomic E-state index is 0.132. The van der Waals surface area contributed by atoms with Crippen molar-refractivity contribution in [3.05, 3.63) is 41.7 Å². The lowest BCUT2D eigenvalue weighted by Gasteiger charge is -2.39. The topological polar surface area (TPSA) is 94.0 Å². The zero-order chi connectivity index (χ0) is 24.5. The van der Waals surface area contributed by atoms with Crippen LogP contribution in [0.5, 0.6) is 11.5 Å². The lowest BCUT2D eigenvalue weighted by Crippen LogP contribution is -2.50. The standard InChI is InChI=1S/C27H32N6O3/c28-15-19-1-4-23-24(13-19)32(27(34)18-33(23)22-2-3-22)10-9-31-7-5-20(6-8-31)29-16-21-14-25-26(17-30-21)36-12-11-35-25/h1,4,13-14,17,20,22,29H,2-3,5-12,16,18H2. The number of fused-ring (bicyclic) bond motifs is 2. The Bertz CT molecular complexity index is 1170. The van der Waals surface area contributed by atoms with Gasteiger partial charge in [0.25, 0.3) is 0 Å². The summed E-state index contributed by atoms with van der Waals surface area (Å²) in [6.07, 6.45) is 6.14. The molecule has 1 aromatic carbocycles. The average Bonchev–Trinajstić information content (AvgIpc) is 3.77. The van der Waals surface area contributed by atoms with Crippen LogP contribution in [0.3, 0.4) is 0 Å². The van der Waals surface area contributed by atoms with Gasteiger partial charge < -0.3 is 29.5 Å². The molecule has 9 nitrogen and oxygen atoms in total. The number of amides is 1. The van der Waals surface area contributed by atoms with Crippen LogP contribution < -0.4 is 24.6 Å². The fourth-order valence-electron chi connectivity index (χ4n) is 5.40. The predicted octanol–water partition coefficient (Wildman–Crippen LogP) is 2.29. The van der Waals surface area contributed by atoms with Crippen molar-refractivity contribution in [1.82, 2.24) is 15.2 Å². The van der Waals surface area contributed by atoms with E-state index < -0.39 is 0 Å². The van der Waals surface area contributed by atoms with Crippen LogP contribution in [-0.4, -0.2) is 73.8 Å². The normalized spacial score (nSPS) is 20.2. The Morgan fingerprint density at radius 3 is 2.61 bits per heavy atom. The summed E-state index contributed by atoms with van der Waals surface area (Å²) < 4.78 is 11.2. The second-order valence-electron chi connectivity index (χ2n) is 10.0. The number of benzene rings is 1. The molecule has 2 fully saturated rings. The Hall–Kier alpha value is -3.35. The third-order valence-electron chi connectivity index (χ3n) is 7.58. The number of piperidine rings is 1. The van der Waals surface area contributed by atoms with Crippen LogP contribution in [-0.2, 0) is 11.3 Å². The Balaban J connectivity index is 1.02. The van der Waals surface area contributed by atoms with E-state index in [9.17, 15) is 10.1 Å². The second kappa shape index (κ2) is 9.96. The first-order valence-electron chi connectivity index (χ1n) is 13.0. The molecule has 0 radical (unpaired) electrons. The summed E-state index contributed by atoms with van der Waals surface area (Å²) in [5.41, 5.74) is 3.54. The molecule has 1 N–H and O–H groups in total. The summed E-state index contributed by atoms with van der Waals surface area (Å²) in [6, 6.07) is 10.9. The number of hydrogen-bond acceptors (Lipinski definition) is 8. The molecule has 0 spiro atoms. The van der Waals surface area contributed by atoms with E-state index >= 15 is 0 Å². The number of rotatable bonds is 7. The Labute approximate surface area is 211 Å². The quantitative estimate of drug-likeness (QED) is 0.635. The zero-order valence-corrected chi connectivity index (χ0v) is 20.5. The van der Waals surface area contributed by atoms with Gasteiger partial charge in [-0.15, -0.1) is 0 Å². The van der Waals surface area contributed by atoms with Crippen molar-refractivity contribution in [3.63, 3.8) is 0 Å². The maximum atomic E-state index is 13.1. The number of aromatic nitrogens is 1. The monoisotopic (exact) mass is 488 g/mol. The molecule has 188 valence electrons. The second-order valence-corrected chi connectivity index (χ2v) is 10.0. The number of nitriles is 1. The molecule has 4 heterocycles. The molecular formula is C27H32N6O3. The molecule has 1 aromatic heterocycles. The number of likely N-dealkylation sites (tertiary alicyclic amines) is 1. The fourth-order valence-corrected chi connectivity index (χ4v) is 5.40. The molecule has 1 aliphatic carbocycles. The highest BCUT2D eigenvalue weighted by atomic mass is 16.6. The molecule has 0 atom stereocenters. The van der Waals surface area contributed by atoms with Crippen molar-refractivity contribution < 1.29 is 14.3 Å². The fraction of sp³-hybridized carbons (Fsp3) is 0.519. The number of anilines is 2. The highest BCUT2D eigenvalue weighted by Crippen LogP contribution is 2.40. The lowest BCUT2D eigenvalue weighted by molar-refractivity contribution is -0.117. The van der Waals surface area contributed by atoms with Crippen LogP contribution >= 0.6 is 0 Å². The van der Waals surface area contributed by atoms with Crippen LogP contribution in [0.4, 0.5) is 11.4 Å². The van der Waals surface area contributed by atoms with Gasteiger partial charge in [0.1, 0.15) is 13.2 Å². The van der Waals surface area contributed by atoms with E-state index in [0.29, 0.717) is 50.5 Å². The van der Waals surface area contributed by atoms with Crippen LogP contribution in [0.15, 0.2) is 30.5 Å². The van der Waals surface area contributed by atoms with E-state index in [-0.39, 0.29) is 5.91 Å². The van der Waals surface area contributed by atoms with Gasteiger partial charge in [0.2, 0.25) is 5.91 Å². The molecule has 1 saturated heterocycles. The third kappa shape index (κ3) is 4.84. The van der Waals surface area contributed by atoms with Crippen molar-refractivity contribution in [1.29, 1.82) is 5.26 Å². The molecule has 6 rings (SSSR count). The number of pyridine rings is 1. The molecule has 4 aliphatic rings. The summed E-state index contributed by atoms with van der Waals surface area (Å²) in [5, 5.41) is 13.0. The van der Waals surface area contributed by atoms with E-state index in [2.05, 4.69) is 26.2 Å². The Morgan fingerprint density at radius 1 is 1.03 bits per heavy atom. The molecule has 9 heteroatoms. The first kappa shape index (κ1) is 23.1. The number of carbonyl (C=O) groups is 1. The molecule has 0 unspecified atom stereocenters. The van der Waals surface area contributed by atoms with E-state index in [4.69, 9.17) is 9.47 Å². The van der Waals surface area contributed by atoms with Crippen molar-refractivity contribution in [2.45, 2.75) is 44.3 Å². The Kier molecular flexibility index (Phi) is 6.38. The smallest absolute Gasteiger partial charge is 0.246 e. The first-order chi connectivity index (χ1) is 17.7. The van der Waals surface area contributed by atoms with Gasteiger partial charge in [0.05, 0.1) is 41.4 Å². The van der Waals surface area contributed by atoms with Gasteiger partial charge in [-0.2, -0.15) is 5.26 Å². The molecule has 0 bridgehead atoms. The van der Waals surface area contributed by atoms with E-state index in [0.717, 1.165) is 73.9 Å². The van der Waals surface area contributed by atoms with Gasteiger partial charge in [-0.05, 0) is 57.0 Å². The third-order valence-corrected chi connectivity index (χ3v) is 7.58. The van der Waals surface area contributed by atoms with E-state index in [1.807, 2.05) is 29.2 Å². The summed E-state index contributed by atoms with van der Waals surface area (Å²) in [7, 11) is 0. The van der Waals surface area contributed by atoms with Crippen LogP contribution in [0.2, 0.25) is 0 Å². The summed E-state index contributed by atoms with van der Waals surface area (Å²) >= 11 is 0. The number of carbonyl (C=O) groups excluding carboxylic acids is 1. The van der Waals surface area contributed by atoms with Gasteiger partial charge in [0.15, 0.2) is 11.5 Å². The zero-order valence-electron chi connectivity index (χ0n) is 20.5. The summed E-state index contributed by atoms with van der Waals surface area (Å²) in [4.78, 5) is 24.1. The maximum absolute atomic E-state index is 13.1. The van der Waals surface area contributed by atoms with Gasteiger partial charge in [0, 0.05) is 37.8 Å².